The molecule has 0 aliphatic heterocycles. The monoisotopic (exact) mass is 368 g/mol. The largest absolute Gasteiger partial charge is 0.481 e. The summed E-state index contributed by atoms with van der Waals surface area (Å²) in [7, 11) is 0. The van der Waals surface area contributed by atoms with Crippen LogP contribution in [0.4, 0.5) is 0 Å². The van der Waals surface area contributed by atoms with Crippen molar-refractivity contribution in [3.63, 3.8) is 0 Å². The van der Waals surface area contributed by atoms with Gasteiger partial charge in [0, 0.05) is 12.8 Å². The first kappa shape index (κ1) is 24.7. The molecule has 0 aromatic heterocycles. The molecule has 0 aliphatic rings. The molecule has 0 rings (SSSR count). The van der Waals surface area contributed by atoms with Crippen molar-refractivity contribution in [2.24, 2.45) is 0 Å². The van der Waals surface area contributed by atoms with Crippen molar-refractivity contribution in [2.75, 3.05) is 0 Å². The van der Waals surface area contributed by atoms with Gasteiger partial charge >= 0.3 is 11.9 Å². The van der Waals surface area contributed by atoms with Crippen LogP contribution in [0.25, 0.3) is 0 Å². The van der Waals surface area contributed by atoms with E-state index in [1.54, 1.807) is 0 Å². The molecule has 0 fully saturated rings. The van der Waals surface area contributed by atoms with Gasteiger partial charge in [0.1, 0.15) is 6.10 Å². The second-order valence-corrected chi connectivity index (χ2v) is 7.08. The molecule has 0 radical (unpaired) electrons. The van der Waals surface area contributed by atoms with Crippen molar-refractivity contribution in [1.29, 1.82) is 0 Å². The number of rotatable bonds is 18. The van der Waals surface area contributed by atoms with Gasteiger partial charge in [-0.1, -0.05) is 58.1 Å². The van der Waals surface area contributed by atoms with Gasteiger partial charge in [0.15, 0.2) is 0 Å². The highest BCUT2D eigenvalue weighted by molar-refractivity contribution is 5.69. The summed E-state index contributed by atoms with van der Waals surface area (Å²) in [6, 6.07) is 0. The Labute approximate surface area is 160 Å². The third kappa shape index (κ3) is 17.5. The predicted octanol–water partition coefficient (Wildman–Crippen LogP) is 6.43. The molecular formula is C22H40O4. The lowest BCUT2D eigenvalue weighted by atomic mass is 10.1. The highest BCUT2D eigenvalue weighted by atomic mass is 16.5. The Morgan fingerprint density at radius 3 is 2.08 bits per heavy atom. The smallest absolute Gasteiger partial charge is 0.306 e. The average molecular weight is 369 g/mol. The van der Waals surface area contributed by atoms with Crippen LogP contribution in [0.3, 0.4) is 0 Å². The van der Waals surface area contributed by atoms with E-state index < -0.39 is 5.97 Å². The van der Waals surface area contributed by atoms with Gasteiger partial charge in [0.05, 0.1) is 0 Å². The summed E-state index contributed by atoms with van der Waals surface area (Å²) in [6.45, 7) is 4.20. The number of carboxylic acids is 1. The number of ether oxygens (including phenoxy) is 1. The Balaban J connectivity index is 3.50. The first-order valence-corrected chi connectivity index (χ1v) is 10.7. The molecule has 0 saturated heterocycles. The third-order valence-corrected chi connectivity index (χ3v) is 4.56. The highest BCUT2D eigenvalue weighted by Crippen LogP contribution is 2.13. The fourth-order valence-corrected chi connectivity index (χ4v) is 2.88. The molecule has 1 unspecified atom stereocenters. The SMILES string of the molecule is CCCCC/C=C\CCCCCCCC(=O)OC(CC)CCCC(=O)O. The van der Waals surface area contributed by atoms with Gasteiger partial charge in [0.2, 0.25) is 0 Å². The van der Waals surface area contributed by atoms with E-state index in [0.717, 1.165) is 19.3 Å². The highest BCUT2D eigenvalue weighted by Gasteiger charge is 2.12. The lowest BCUT2D eigenvalue weighted by Gasteiger charge is -2.15. The summed E-state index contributed by atoms with van der Waals surface area (Å²) in [5.41, 5.74) is 0. The molecule has 152 valence electrons. The van der Waals surface area contributed by atoms with E-state index in [2.05, 4.69) is 19.1 Å². The minimum absolute atomic E-state index is 0.133. The van der Waals surface area contributed by atoms with Crippen molar-refractivity contribution in [2.45, 2.75) is 116 Å². The van der Waals surface area contributed by atoms with E-state index in [-0.39, 0.29) is 18.5 Å². The zero-order valence-electron chi connectivity index (χ0n) is 17.0. The zero-order valence-corrected chi connectivity index (χ0v) is 17.0. The first-order valence-electron chi connectivity index (χ1n) is 10.7. The number of allylic oxidation sites excluding steroid dienone is 2. The van der Waals surface area contributed by atoms with Gasteiger partial charge in [-0.05, 0) is 51.4 Å². The molecule has 1 atom stereocenters. The van der Waals surface area contributed by atoms with E-state index in [1.807, 2.05) is 6.92 Å². The number of hydrogen-bond acceptors (Lipinski definition) is 3. The summed E-state index contributed by atoms with van der Waals surface area (Å²) in [5, 5.41) is 8.65. The molecule has 1 N–H and O–H groups in total. The number of esters is 1. The lowest BCUT2D eigenvalue weighted by Crippen LogP contribution is -2.17. The van der Waals surface area contributed by atoms with Crippen LogP contribution in [0.1, 0.15) is 110 Å². The van der Waals surface area contributed by atoms with Crippen LogP contribution in [-0.4, -0.2) is 23.1 Å². The molecule has 0 aromatic rings. The molecule has 0 bridgehead atoms. The molecule has 0 aromatic carbocycles. The first-order chi connectivity index (χ1) is 12.6. The van der Waals surface area contributed by atoms with Crippen LogP contribution in [0.2, 0.25) is 0 Å². The van der Waals surface area contributed by atoms with Gasteiger partial charge in [-0.25, -0.2) is 0 Å². The standard InChI is InChI=1S/C22H40O4/c1-3-5-6-7-8-9-10-11-12-13-14-15-19-22(25)26-20(4-2)17-16-18-21(23)24/h8-9,20H,3-7,10-19H2,1-2H3,(H,23,24)/b9-8-. The molecule has 0 saturated carbocycles. The summed E-state index contributed by atoms with van der Waals surface area (Å²) in [5.74, 6) is -0.930. The van der Waals surface area contributed by atoms with E-state index in [9.17, 15) is 9.59 Å². The number of carbonyl (C=O) groups is 2. The number of aliphatic carboxylic acids is 1. The normalized spacial score (nSPS) is 12.4. The average Bonchev–Trinajstić information content (AvgIpc) is 2.61. The summed E-state index contributed by atoms with van der Waals surface area (Å²) in [4.78, 5) is 22.4. The summed E-state index contributed by atoms with van der Waals surface area (Å²) >= 11 is 0. The number of hydrogen-bond donors (Lipinski definition) is 1. The van der Waals surface area contributed by atoms with Crippen LogP contribution in [0.15, 0.2) is 12.2 Å². The van der Waals surface area contributed by atoms with Crippen LogP contribution in [0.5, 0.6) is 0 Å². The summed E-state index contributed by atoms with van der Waals surface area (Å²) < 4.78 is 5.44. The molecule has 26 heavy (non-hydrogen) atoms. The molecule has 4 nitrogen and oxygen atoms in total. The Bertz CT molecular complexity index is 376. The lowest BCUT2D eigenvalue weighted by molar-refractivity contribution is -0.149. The van der Waals surface area contributed by atoms with Crippen molar-refractivity contribution >= 4 is 11.9 Å². The Morgan fingerprint density at radius 1 is 0.846 bits per heavy atom. The molecular weight excluding hydrogens is 328 g/mol. The van der Waals surface area contributed by atoms with E-state index >= 15 is 0 Å². The Hall–Kier alpha value is -1.32. The minimum Gasteiger partial charge on any atom is -0.481 e. The van der Waals surface area contributed by atoms with Crippen LogP contribution >= 0.6 is 0 Å². The predicted molar refractivity (Wildman–Crippen MR) is 107 cm³/mol. The van der Waals surface area contributed by atoms with Gasteiger partial charge < -0.3 is 9.84 Å². The Morgan fingerprint density at radius 2 is 1.46 bits per heavy atom. The van der Waals surface area contributed by atoms with Gasteiger partial charge in [-0.3, -0.25) is 9.59 Å². The second kappa shape index (κ2) is 18.5. The topological polar surface area (TPSA) is 63.6 Å². The van der Waals surface area contributed by atoms with Crippen LogP contribution < -0.4 is 0 Å². The maximum Gasteiger partial charge on any atom is 0.306 e. The van der Waals surface area contributed by atoms with Crippen molar-refractivity contribution < 1.29 is 19.4 Å². The molecule has 4 heteroatoms. The quantitative estimate of drug-likeness (QED) is 0.172. The molecule has 0 heterocycles. The number of carbonyl (C=O) groups excluding carboxylic acids is 1. The van der Waals surface area contributed by atoms with Crippen molar-refractivity contribution in [1.82, 2.24) is 0 Å². The van der Waals surface area contributed by atoms with Crippen molar-refractivity contribution in [3.8, 4) is 0 Å². The number of unbranched alkanes of at least 4 members (excludes halogenated alkanes) is 8. The van der Waals surface area contributed by atoms with E-state index in [1.165, 1.54) is 51.4 Å². The molecule has 0 spiro atoms. The fourth-order valence-electron chi connectivity index (χ4n) is 2.88. The zero-order chi connectivity index (χ0) is 19.5. The number of carboxylic acid groups (broad SMARTS) is 1. The summed E-state index contributed by atoms with van der Waals surface area (Å²) in [6.07, 6.45) is 18.9. The van der Waals surface area contributed by atoms with Gasteiger partial charge in [0.25, 0.3) is 0 Å². The van der Waals surface area contributed by atoms with Crippen LogP contribution in [0, 0.1) is 0 Å². The van der Waals surface area contributed by atoms with E-state index in [4.69, 9.17) is 9.84 Å². The maximum absolute atomic E-state index is 11.8. The van der Waals surface area contributed by atoms with E-state index in [0.29, 0.717) is 19.3 Å². The van der Waals surface area contributed by atoms with Gasteiger partial charge in [-0.15, -0.1) is 0 Å². The second-order valence-electron chi connectivity index (χ2n) is 7.08. The Kier molecular flexibility index (Phi) is 17.5. The fraction of sp³-hybridized carbons (Fsp3) is 0.818. The molecule has 0 aliphatic carbocycles. The van der Waals surface area contributed by atoms with Gasteiger partial charge in [-0.2, -0.15) is 0 Å². The maximum atomic E-state index is 11.8. The van der Waals surface area contributed by atoms with Crippen molar-refractivity contribution in [3.05, 3.63) is 12.2 Å². The molecule has 0 amide bonds. The minimum atomic E-state index is -0.793. The third-order valence-electron chi connectivity index (χ3n) is 4.56. The van der Waals surface area contributed by atoms with Crippen LogP contribution in [-0.2, 0) is 14.3 Å².